The molecular weight excluding hydrogens is 377 g/mol. The van der Waals surface area contributed by atoms with Crippen LogP contribution in [0.4, 0.5) is 10.1 Å². The Morgan fingerprint density at radius 2 is 2.03 bits per heavy atom. The standard InChI is InChI=1S/C21H30FN3O4/c1-4-5-7-15(18(22)20(27)24-29)21(28)25-11-6-8-17(25)19(26)23-16-12-13(2)9-10-14(16)3/h9-10,12,15,17-18,29H,4-8,11H2,1-3H3,(H,23,26)(H,24,27)/t15?,17?,18-/m1/s1. The molecule has 8 heteroatoms. The molecule has 29 heavy (non-hydrogen) atoms. The summed E-state index contributed by atoms with van der Waals surface area (Å²) in [7, 11) is 0. The van der Waals surface area contributed by atoms with Crippen LogP contribution in [-0.4, -0.2) is 46.6 Å². The lowest BCUT2D eigenvalue weighted by Crippen LogP contribution is -2.49. The molecule has 0 aliphatic carbocycles. The van der Waals surface area contributed by atoms with E-state index in [1.54, 1.807) is 0 Å². The molecule has 1 aromatic carbocycles. The molecule has 3 atom stereocenters. The number of likely N-dealkylation sites (tertiary alicyclic amines) is 1. The second-order valence-corrected chi connectivity index (χ2v) is 7.62. The third-order valence-corrected chi connectivity index (χ3v) is 5.39. The molecule has 160 valence electrons. The van der Waals surface area contributed by atoms with E-state index in [1.807, 2.05) is 39.0 Å². The summed E-state index contributed by atoms with van der Waals surface area (Å²) in [5.41, 5.74) is 3.87. The number of halogens is 1. The number of nitrogens with zero attached hydrogens (tertiary/aromatic N) is 1. The second kappa shape index (κ2) is 10.3. The van der Waals surface area contributed by atoms with Crippen molar-refractivity contribution >= 4 is 23.4 Å². The molecule has 0 bridgehead atoms. The van der Waals surface area contributed by atoms with Gasteiger partial charge in [0.2, 0.25) is 11.8 Å². The van der Waals surface area contributed by atoms with Crippen molar-refractivity contribution in [2.45, 2.75) is 65.1 Å². The number of carbonyl (C=O) groups is 3. The van der Waals surface area contributed by atoms with Gasteiger partial charge in [0, 0.05) is 12.2 Å². The van der Waals surface area contributed by atoms with E-state index in [4.69, 9.17) is 5.21 Å². The fraction of sp³-hybridized carbons (Fsp3) is 0.571. The minimum atomic E-state index is -2.16. The highest BCUT2D eigenvalue weighted by molar-refractivity contribution is 5.99. The van der Waals surface area contributed by atoms with Crippen LogP contribution in [0.2, 0.25) is 0 Å². The SMILES string of the molecule is CCCCC(C(=O)N1CCCC1C(=O)Nc1cc(C)ccc1C)[C@@H](F)C(=O)NO. The zero-order chi connectivity index (χ0) is 21.6. The van der Waals surface area contributed by atoms with Crippen LogP contribution in [0, 0.1) is 19.8 Å². The van der Waals surface area contributed by atoms with E-state index in [9.17, 15) is 18.8 Å². The van der Waals surface area contributed by atoms with Gasteiger partial charge >= 0.3 is 0 Å². The summed E-state index contributed by atoms with van der Waals surface area (Å²) in [6, 6.07) is 5.00. The van der Waals surface area contributed by atoms with Crippen LogP contribution in [0.15, 0.2) is 18.2 Å². The Labute approximate surface area is 170 Å². The molecule has 1 saturated heterocycles. The van der Waals surface area contributed by atoms with Crippen LogP contribution in [0.25, 0.3) is 0 Å². The van der Waals surface area contributed by atoms with Crippen molar-refractivity contribution < 1.29 is 24.0 Å². The summed E-state index contributed by atoms with van der Waals surface area (Å²) in [4.78, 5) is 38.9. The quantitative estimate of drug-likeness (QED) is 0.456. The van der Waals surface area contributed by atoms with Crippen LogP contribution in [0.1, 0.15) is 50.2 Å². The first kappa shape index (κ1) is 22.8. The Morgan fingerprint density at radius 3 is 2.69 bits per heavy atom. The molecule has 0 saturated carbocycles. The van der Waals surface area contributed by atoms with Crippen LogP contribution in [0.5, 0.6) is 0 Å². The van der Waals surface area contributed by atoms with Crippen molar-refractivity contribution in [1.29, 1.82) is 0 Å². The Balaban J connectivity index is 2.17. The maximum absolute atomic E-state index is 14.5. The molecule has 1 aromatic rings. The van der Waals surface area contributed by atoms with Gasteiger partial charge in [0.25, 0.3) is 5.91 Å². The van der Waals surface area contributed by atoms with Gasteiger partial charge in [-0.05, 0) is 50.3 Å². The maximum atomic E-state index is 14.5. The predicted octanol–water partition coefficient (Wildman–Crippen LogP) is 2.88. The smallest absolute Gasteiger partial charge is 0.278 e. The van der Waals surface area contributed by atoms with Gasteiger partial charge in [0.05, 0.1) is 5.92 Å². The summed E-state index contributed by atoms with van der Waals surface area (Å²) in [6.45, 7) is 6.04. The van der Waals surface area contributed by atoms with Crippen molar-refractivity contribution in [3.05, 3.63) is 29.3 Å². The minimum absolute atomic E-state index is 0.172. The molecule has 1 aliphatic heterocycles. The van der Waals surface area contributed by atoms with E-state index in [-0.39, 0.29) is 12.3 Å². The molecule has 1 heterocycles. The van der Waals surface area contributed by atoms with Gasteiger partial charge in [0.1, 0.15) is 6.04 Å². The summed E-state index contributed by atoms with van der Waals surface area (Å²) in [5.74, 6) is -3.35. The molecule has 1 fully saturated rings. The number of carbonyl (C=O) groups excluding carboxylic acids is 3. The van der Waals surface area contributed by atoms with Crippen molar-refractivity contribution in [1.82, 2.24) is 10.4 Å². The number of benzene rings is 1. The van der Waals surface area contributed by atoms with Crippen molar-refractivity contribution in [3.63, 3.8) is 0 Å². The molecule has 0 radical (unpaired) electrons. The summed E-state index contributed by atoms with van der Waals surface area (Å²) in [5, 5.41) is 11.6. The first-order valence-corrected chi connectivity index (χ1v) is 10.1. The zero-order valence-corrected chi connectivity index (χ0v) is 17.2. The molecule has 0 spiro atoms. The number of rotatable bonds is 8. The largest absolute Gasteiger partial charge is 0.330 e. The van der Waals surface area contributed by atoms with Crippen molar-refractivity contribution in [3.8, 4) is 0 Å². The van der Waals surface area contributed by atoms with E-state index in [2.05, 4.69) is 5.32 Å². The van der Waals surface area contributed by atoms with Gasteiger partial charge in [0.15, 0.2) is 6.17 Å². The second-order valence-electron chi connectivity index (χ2n) is 7.62. The number of alkyl halides is 1. The van der Waals surface area contributed by atoms with E-state index in [0.717, 1.165) is 17.5 Å². The van der Waals surface area contributed by atoms with Crippen molar-refractivity contribution in [2.24, 2.45) is 5.92 Å². The number of unbranched alkanes of at least 4 members (excludes halogenated alkanes) is 1. The molecule has 2 unspecified atom stereocenters. The molecule has 2 rings (SSSR count). The Hall–Kier alpha value is -2.48. The molecule has 1 aliphatic rings. The number of hydroxylamine groups is 1. The summed E-state index contributed by atoms with van der Waals surface area (Å²) < 4.78 is 14.5. The maximum Gasteiger partial charge on any atom is 0.278 e. The number of aryl methyl sites for hydroxylation is 2. The average molecular weight is 407 g/mol. The number of hydrogen-bond donors (Lipinski definition) is 3. The van der Waals surface area contributed by atoms with Gasteiger partial charge in [-0.3, -0.25) is 19.6 Å². The highest BCUT2D eigenvalue weighted by Crippen LogP contribution is 2.27. The monoisotopic (exact) mass is 407 g/mol. The Morgan fingerprint density at radius 1 is 1.31 bits per heavy atom. The highest BCUT2D eigenvalue weighted by Gasteiger charge is 2.41. The van der Waals surface area contributed by atoms with Crippen LogP contribution >= 0.6 is 0 Å². The summed E-state index contributed by atoms with van der Waals surface area (Å²) in [6.07, 6.45) is 0.400. The van der Waals surface area contributed by atoms with E-state index in [1.165, 1.54) is 10.4 Å². The van der Waals surface area contributed by atoms with Gasteiger partial charge < -0.3 is 10.2 Å². The fourth-order valence-electron chi connectivity index (χ4n) is 3.67. The van der Waals surface area contributed by atoms with Gasteiger partial charge in [-0.1, -0.05) is 31.9 Å². The first-order chi connectivity index (χ1) is 13.8. The molecule has 0 aromatic heterocycles. The van der Waals surface area contributed by atoms with E-state index in [0.29, 0.717) is 31.5 Å². The van der Waals surface area contributed by atoms with E-state index >= 15 is 0 Å². The average Bonchev–Trinajstić information content (AvgIpc) is 3.20. The number of amides is 3. The van der Waals surface area contributed by atoms with Crippen LogP contribution < -0.4 is 10.8 Å². The zero-order valence-electron chi connectivity index (χ0n) is 17.2. The van der Waals surface area contributed by atoms with E-state index < -0.39 is 29.9 Å². The normalized spacial score (nSPS) is 18.2. The lowest BCUT2D eigenvalue weighted by atomic mass is 9.94. The van der Waals surface area contributed by atoms with Crippen LogP contribution in [0.3, 0.4) is 0 Å². The van der Waals surface area contributed by atoms with Gasteiger partial charge in [-0.2, -0.15) is 0 Å². The van der Waals surface area contributed by atoms with Crippen molar-refractivity contribution in [2.75, 3.05) is 11.9 Å². The Bertz CT molecular complexity index is 755. The van der Waals surface area contributed by atoms with Crippen LogP contribution in [-0.2, 0) is 14.4 Å². The van der Waals surface area contributed by atoms with Gasteiger partial charge in [-0.15, -0.1) is 0 Å². The fourth-order valence-corrected chi connectivity index (χ4v) is 3.67. The molecular formula is C21H30FN3O4. The lowest BCUT2D eigenvalue weighted by Gasteiger charge is -2.29. The molecule has 3 amide bonds. The Kier molecular flexibility index (Phi) is 8.13. The van der Waals surface area contributed by atoms with Gasteiger partial charge in [-0.25, -0.2) is 9.87 Å². The lowest BCUT2D eigenvalue weighted by molar-refractivity contribution is -0.148. The number of anilines is 1. The highest BCUT2D eigenvalue weighted by atomic mass is 19.1. The minimum Gasteiger partial charge on any atom is -0.330 e. The first-order valence-electron chi connectivity index (χ1n) is 10.1. The third-order valence-electron chi connectivity index (χ3n) is 5.39. The molecule has 7 nitrogen and oxygen atoms in total. The molecule has 3 N–H and O–H groups in total. The predicted molar refractivity (Wildman–Crippen MR) is 107 cm³/mol. The number of nitrogens with one attached hydrogen (secondary N) is 2. The topological polar surface area (TPSA) is 98.7 Å². The summed E-state index contributed by atoms with van der Waals surface area (Å²) >= 11 is 0. The third kappa shape index (κ3) is 5.53. The number of hydrogen-bond acceptors (Lipinski definition) is 4.